The number of carbonyl (C=O) groups excluding carboxylic acids is 2. The molecule has 1 saturated heterocycles. The van der Waals surface area contributed by atoms with E-state index in [1.54, 1.807) is 35.2 Å². The monoisotopic (exact) mass is 446 g/mol. The first-order valence-electron chi connectivity index (χ1n) is 8.99. The summed E-state index contributed by atoms with van der Waals surface area (Å²) in [6.45, 7) is 1.11. The first-order valence-corrected chi connectivity index (χ1v) is 9.79. The molecule has 2 aromatic carbocycles. The van der Waals surface area contributed by atoms with Crippen LogP contribution in [-0.2, 0) is 4.79 Å². The third-order valence-electron chi connectivity index (χ3n) is 4.98. The summed E-state index contributed by atoms with van der Waals surface area (Å²) in [5, 5.41) is 12.9. The fourth-order valence-corrected chi connectivity index (χ4v) is 3.77. The van der Waals surface area contributed by atoms with Crippen molar-refractivity contribution >= 4 is 33.4 Å². The molecule has 0 aliphatic carbocycles. The third-order valence-corrected chi connectivity index (χ3v) is 5.48. The number of nitrogens with one attached hydrogen (secondary N) is 1. The van der Waals surface area contributed by atoms with Crippen molar-refractivity contribution in [1.29, 1.82) is 0 Å². The number of nitrogens with zero attached hydrogens (tertiary/aromatic N) is 1. The molecule has 0 radical (unpaired) electrons. The molecule has 28 heavy (non-hydrogen) atoms. The van der Waals surface area contributed by atoms with Crippen LogP contribution in [0.1, 0.15) is 23.2 Å². The second kappa shape index (κ2) is 7.71. The summed E-state index contributed by atoms with van der Waals surface area (Å²) in [6, 6.07) is 10.1. The maximum Gasteiger partial charge on any atom is 0.257 e. The number of rotatable bonds is 3. The lowest BCUT2D eigenvalue weighted by atomic mass is 9.95. The van der Waals surface area contributed by atoms with Crippen LogP contribution >= 0.6 is 15.9 Å². The molecule has 2 aliphatic rings. The molecule has 2 aromatic rings. The Kier molecular flexibility index (Phi) is 5.13. The summed E-state index contributed by atoms with van der Waals surface area (Å²) < 4.78 is 11.3. The minimum absolute atomic E-state index is 0.0455. The second-order valence-corrected chi connectivity index (χ2v) is 7.70. The fourth-order valence-electron chi connectivity index (χ4n) is 3.41. The number of ether oxygens (including phenoxy) is 2. The van der Waals surface area contributed by atoms with Crippen molar-refractivity contribution in [2.75, 3.05) is 25.2 Å². The maximum absolute atomic E-state index is 12.7. The molecular formula is C20H19BrN2O5. The topological polar surface area (TPSA) is 88.1 Å². The Bertz CT molecular complexity index is 925. The van der Waals surface area contributed by atoms with Crippen molar-refractivity contribution < 1.29 is 24.2 Å². The highest BCUT2D eigenvalue weighted by Crippen LogP contribution is 2.34. The SMILES string of the molecule is O=C(Nc1ccc2c(c1)OCO2)C1CCN(C(=O)c2cc(Br)ccc2O)CC1. The van der Waals surface area contributed by atoms with E-state index in [2.05, 4.69) is 21.2 Å². The number of halogens is 1. The van der Waals surface area contributed by atoms with E-state index in [9.17, 15) is 14.7 Å². The number of piperidine rings is 1. The number of aromatic hydroxyl groups is 1. The molecule has 0 saturated carbocycles. The van der Waals surface area contributed by atoms with E-state index in [0.717, 1.165) is 4.47 Å². The van der Waals surface area contributed by atoms with Gasteiger partial charge in [-0.15, -0.1) is 0 Å². The number of carbonyl (C=O) groups is 2. The van der Waals surface area contributed by atoms with Crippen molar-refractivity contribution in [2.45, 2.75) is 12.8 Å². The number of amides is 2. The van der Waals surface area contributed by atoms with Crippen molar-refractivity contribution in [3.05, 3.63) is 46.4 Å². The van der Waals surface area contributed by atoms with Crippen LogP contribution in [0.5, 0.6) is 17.2 Å². The van der Waals surface area contributed by atoms with Crippen molar-refractivity contribution in [3.8, 4) is 17.2 Å². The van der Waals surface area contributed by atoms with Crippen LogP contribution in [0.2, 0.25) is 0 Å². The van der Waals surface area contributed by atoms with Crippen LogP contribution in [0.15, 0.2) is 40.9 Å². The number of phenolic OH excluding ortho intramolecular Hbond substituents is 1. The highest BCUT2D eigenvalue weighted by Gasteiger charge is 2.29. The van der Waals surface area contributed by atoms with Crippen LogP contribution in [0.3, 0.4) is 0 Å². The zero-order valence-corrected chi connectivity index (χ0v) is 16.6. The van der Waals surface area contributed by atoms with Gasteiger partial charge in [-0.3, -0.25) is 9.59 Å². The minimum Gasteiger partial charge on any atom is -0.507 e. The Balaban J connectivity index is 1.35. The van der Waals surface area contributed by atoms with Gasteiger partial charge >= 0.3 is 0 Å². The van der Waals surface area contributed by atoms with Gasteiger partial charge in [0.1, 0.15) is 5.75 Å². The molecule has 0 spiro atoms. The Labute approximate surface area is 170 Å². The van der Waals surface area contributed by atoms with Gasteiger partial charge in [0.25, 0.3) is 5.91 Å². The summed E-state index contributed by atoms with van der Waals surface area (Å²) in [5.41, 5.74) is 0.921. The third kappa shape index (κ3) is 3.77. The van der Waals surface area contributed by atoms with E-state index in [-0.39, 0.29) is 35.8 Å². The quantitative estimate of drug-likeness (QED) is 0.754. The summed E-state index contributed by atoms with van der Waals surface area (Å²) in [4.78, 5) is 26.9. The first kappa shape index (κ1) is 18.6. The predicted octanol–water partition coefficient (Wildman–Crippen LogP) is 3.37. The summed E-state index contributed by atoms with van der Waals surface area (Å²) in [5.74, 6) is 0.763. The van der Waals surface area contributed by atoms with E-state index in [1.807, 2.05) is 0 Å². The number of benzene rings is 2. The number of fused-ring (bicyclic) bond motifs is 1. The molecule has 4 rings (SSSR count). The van der Waals surface area contributed by atoms with Crippen molar-refractivity contribution in [2.24, 2.45) is 5.92 Å². The van der Waals surface area contributed by atoms with Crippen LogP contribution in [0.25, 0.3) is 0 Å². The molecule has 0 unspecified atom stereocenters. The number of hydrogen-bond donors (Lipinski definition) is 2. The molecular weight excluding hydrogens is 428 g/mol. The zero-order valence-electron chi connectivity index (χ0n) is 15.0. The number of anilines is 1. The normalized spacial score (nSPS) is 16.1. The Morgan fingerprint density at radius 2 is 1.82 bits per heavy atom. The van der Waals surface area contributed by atoms with E-state index < -0.39 is 0 Å². The van der Waals surface area contributed by atoms with Gasteiger partial charge in [0.15, 0.2) is 11.5 Å². The van der Waals surface area contributed by atoms with Crippen molar-refractivity contribution in [3.63, 3.8) is 0 Å². The minimum atomic E-state index is -0.228. The maximum atomic E-state index is 12.7. The van der Waals surface area contributed by atoms with Crippen molar-refractivity contribution in [1.82, 2.24) is 4.90 Å². The largest absolute Gasteiger partial charge is 0.507 e. The molecule has 2 N–H and O–H groups in total. The molecule has 0 atom stereocenters. The van der Waals surface area contributed by atoms with E-state index in [0.29, 0.717) is 43.1 Å². The van der Waals surface area contributed by atoms with E-state index in [1.165, 1.54) is 6.07 Å². The number of hydrogen-bond acceptors (Lipinski definition) is 5. The number of phenols is 1. The van der Waals surface area contributed by atoms with Gasteiger partial charge in [0, 0.05) is 35.2 Å². The molecule has 2 aliphatic heterocycles. The van der Waals surface area contributed by atoms with Crippen LogP contribution in [0.4, 0.5) is 5.69 Å². The molecule has 2 amide bonds. The molecule has 2 heterocycles. The molecule has 7 nitrogen and oxygen atoms in total. The summed E-state index contributed by atoms with van der Waals surface area (Å²) in [6.07, 6.45) is 1.13. The second-order valence-electron chi connectivity index (χ2n) is 6.79. The van der Waals surface area contributed by atoms with Gasteiger partial charge in [-0.05, 0) is 43.2 Å². The molecule has 146 valence electrons. The zero-order chi connectivity index (χ0) is 19.7. The van der Waals surface area contributed by atoms with Gasteiger partial charge in [-0.25, -0.2) is 0 Å². The fraction of sp³-hybridized carbons (Fsp3) is 0.300. The van der Waals surface area contributed by atoms with E-state index in [4.69, 9.17) is 9.47 Å². The van der Waals surface area contributed by atoms with Crippen LogP contribution in [-0.4, -0.2) is 41.7 Å². The Morgan fingerprint density at radius 3 is 2.61 bits per heavy atom. The van der Waals surface area contributed by atoms with Crippen LogP contribution < -0.4 is 14.8 Å². The van der Waals surface area contributed by atoms with Gasteiger partial charge in [0.05, 0.1) is 5.56 Å². The van der Waals surface area contributed by atoms with E-state index >= 15 is 0 Å². The lowest BCUT2D eigenvalue weighted by molar-refractivity contribution is -0.121. The number of likely N-dealkylation sites (tertiary alicyclic amines) is 1. The summed E-state index contributed by atoms with van der Waals surface area (Å²) in [7, 11) is 0. The smallest absolute Gasteiger partial charge is 0.257 e. The van der Waals surface area contributed by atoms with Gasteiger partial charge < -0.3 is 24.8 Å². The first-order chi connectivity index (χ1) is 13.5. The van der Waals surface area contributed by atoms with Crippen LogP contribution in [0, 0.1) is 5.92 Å². The van der Waals surface area contributed by atoms with Gasteiger partial charge in [-0.1, -0.05) is 15.9 Å². The molecule has 1 fully saturated rings. The summed E-state index contributed by atoms with van der Waals surface area (Å²) >= 11 is 3.32. The standard InChI is InChI=1S/C20H19BrN2O5/c21-13-1-3-16(24)15(9-13)20(26)23-7-5-12(6-8-23)19(25)22-14-2-4-17-18(10-14)28-11-27-17/h1-4,9-10,12,24H,5-8,11H2,(H,22,25). The lowest BCUT2D eigenvalue weighted by Crippen LogP contribution is -2.41. The lowest BCUT2D eigenvalue weighted by Gasteiger charge is -2.31. The van der Waals surface area contributed by atoms with Gasteiger partial charge in [0.2, 0.25) is 12.7 Å². The average molecular weight is 447 g/mol. The molecule has 8 heteroatoms. The van der Waals surface area contributed by atoms with Gasteiger partial charge in [-0.2, -0.15) is 0 Å². The Morgan fingerprint density at radius 1 is 1.07 bits per heavy atom. The average Bonchev–Trinajstić information content (AvgIpc) is 3.17. The molecule has 0 bridgehead atoms. The highest BCUT2D eigenvalue weighted by atomic mass is 79.9. The molecule has 0 aromatic heterocycles. The predicted molar refractivity (Wildman–Crippen MR) is 106 cm³/mol. The highest BCUT2D eigenvalue weighted by molar-refractivity contribution is 9.10. The Hall–Kier alpha value is -2.74.